The van der Waals surface area contributed by atoms with Gasteiger partial charge in [0.05, 0.1) is 29.4 Å². The van der Waals surface area contributed by atoms with Gasteiger partial charge in [0, 0.05) is 16.3 Å². The van der Waals surface area contributed by atoms with Crippen molar-refractivity contribution in [3.63, 3.8) is 0 Å². The highest BCUT2D eigenvalue weighted by Gasteiger charge is 2.15. The number of nitrogens with two attached hydrogens (primary N) is 1. The molecule has 112 valence electrons. The Morgan fingerprint density at radius 3 is 2.71 bits per heavy atom. The smallest absolute Gasteiger partial charge is 0.340 e. The highest BCUT2D eigenvalue weighted by molar-refractivity contribution is 7.11. The summed E-state index contributed by atoms with van der Waals surface area (Å²) in [5, 5.41) is 4.41. The summed E-state index contributed by atoms with van der Waals surface area (Å²) < 4.78 is 4.73. The van der Waals surface area contributed by atoms with E-state index in [0.29, 0.717) is 11.3 Å². The third kappa shape index (κ3) is 3.33. The van der Waals surface area contributed by atoms with Gasteiger partial charge in [-0.25, -0.2) is 9.78 Å². The summed E-state index contributed by atoms with van der Waals surface area (Å²) in [6.07, 6.45) is 0. The number of rotatable bonds is 4. The van der Waals surface area contributed by atoms with E-state index in [1.54, 1.807) is 23.5 Å². The van der Waals surface area contributed by atoms with Crippen LogP contribution in [0.1, 0.15) is 38.9 Å². The molecule has 1 heterocycles. The van der Waals surface area contributed by atoms with Gasteiger partial charge in [0.2, 0.25) is 0 Å². The molecule has 21 heavy (non-hydrogen) atoms. The van der Waals surface area contributed by atoms with Crippen molar-refractivity contribution in [3.05, 3.63) is 39.3 Å². The van der Waals surface area contributed by atoms with Crippen molar-refractivity contribution < 1.29 is 9.53 Å². The first kappa shape index (κ1) is 15.3. The second-order valence-corrected chi connectivity index (χ2v) is 6.08. The maximum atomic E-state index is 11.7. The summed E-state index contributed by atoms with van der Waals surface area (Å²) >= 11 is 1.67. The molecule has 0 fully saturated rings. The molecule has 1 aromatic carbocycles. The van der Waals surface area contributed by atoms with Gasteiger partial charge in [-0.2, -0.15) is 0 Å². The van der Waals surface area contributed by atoms with Crippen molar-refractivity contribution in [2.45, 2.75) is 26.8 Å². The number of nitrogen functional groups attached to an aromatic ring is 1. The zero-order valence-corrected chi connectivity index (χ0v) is 13.4. The molecule has 0 aliphatic carbocycles. The van der Waals surface area contributed by atoms with Crippen LogP contribution >= 0.6 is 11.3 Å². The Kier molecular flexibility index (Phi) is 4.47. The molecule has 2 rings (SSSR count). The number of aryl methyl sites for hydroxylation is 2. The number of esters is 1. The molecular formula is C15H19N3O2S. The van der Waals surface area contributed by atoms with Crippen LogP contribution in [0, 0.1) is 13.8 Å². The number of hydrogen-bond acceptors (Lipinski definition) is 6. The van der Waals surface area contributed by atoms with Crippen molar-refractivity contribution in [1.29, 1.82) is 0 Å². The molecule has 1 unspecified atom stereocenters. The van der Waals surface area contributed by atoms with Crippen LogP contribution in [0.3, 0.4) is 0 Å². The topological polar surface area (TPSA) is 77.2 Å². The molecule has 0 radical (unpaired) electrons. The number of thiazole rings is 1. The maximum Gasteiger partial charge on any atom is 0.340 e. The lowest BCUT2D eigenvalue weighted by molar-refractivity contribution is 0.0602. The van der Waals surface area contributed by atoms with E-state index >= 15 is 0 Å². The molecule has 3 N–H and O–H groups in total. The van der Waals surface area contributed by atoms with Gasteiger partial charge in [0.15, 0.2) is 0 Å². The highest BCUT2D eigenvalue weighted by atomic mass is 32.1. The summed E-state index contributed by atoms with van der Waals surface area (Å²) in [6, 6.07) is 5.36. The SMILES string of the molecule is COC(=O)c1cc(NC(C)c2sc(C)nc2C)ccc1N. The second-order valence-electron chi connectivity index (χ2n) is 4.84. The fourth-order valence-electron chi connectivity index (χ4n) is 2.20. The van der Waals surface area contributed by atoms with Gasteiger partial charge < -0.3 is 15.8 Å². The van der Waals surface area contributed by atoms with Crippen LogP contribution in [0.5, 0.6) is 0 Å². The van der Waals surface area contributed by atoms with Gasteiger partial charge in [-0.05, 0) is 39.0 Å². The standard InChI is InChI=1S/C15H19N3O2S/c1-8-14(21-10(3)17-8)9(2)18-11-5-6-13(16)12(7-11)15(19)20-4/h5-7,9,18H,16H2,1-4H3. The van der Waals surface area contributed by atoms with Crippen molar-refractivity contribution in [3.8, 4) is 0 Å². The van der Waals surface area contributed by atoms with Crippen LogP contribution in [0.15, 0.2) is 18.2 Å². The molecule has 0 aliphatic rings. The number of methoxy groups -OCH3 is 1. The summed E-state index contributed by atoms with van der Waals surface area (Å²) in [5.41, 5.74) is 8.42. The molecule has 0 bridgehead atoms. The number of hydrogen-bond donors (Lipinski definition) is 2. The molecule has 2 aromatic rings. The molecule has 0 aliphatic heterocycles. The van der Waals surface area contributed by atoms with Gasteiger partial charge in [0.25, 0.3) is 0 Å². The van der Waals surface area contributed by atoms with E-state index in [4.69, 9.17) is 10.5 Å². The van der Waals surface area contributed by atoms with E-state index < -0.39 is 5.97 Å². The average Bonchev–Trinajstić information content (AvgIpc) is 2.79. The van der Waals surface area contributed by atoms with E-state index in [9.17, 15) is 4.79 Å². The van der Waals surface area contributed by atoms with Crippen LogP contribution in [-0.4, -0.2) is 18.1 Å². The largest absolute Gasteiger partial charge is 0.465 e. The molecule has 0 saturated heterocycles. The molecule has 0 amide bonds. The molecule has 6 heteroatoms. The third-order valence-corrected chi connectivity index (χ3v) is 4.43. The first-order chi connectivity index (χ1) is 9.92. The van der Waals surface area contributed by atoms with Crippen LogP contribution in [0.4, 0.5) is 11.4 Å². The summed E-state index contributed by atoms with van der Waals surface area (Å²) in [7, 11) is 1.34. The Morgan fingerprint density at radius 2 is 2.14 bits per heavy atom. The summed E-state index contributed by atoms with van der Waals surface area (Å²) in [4.78, 5) is 17.3. The predicted molar refractivity (Wildman–Crippen MR) is 85.8 cm³/mol. The Hall–Kier alpha value is -2.08. The highest BCUT2D eigenvalue weighted by Crippen LogP contribution is 2.28. The number of aromatic nitrogens is 1. The van der Waals surface area contributed by atoms with E-state index in [1.165, 1.54) is 12.0 Å². The lowest BCUT2D eigenvalue weighted by Gasteiger charge is -2.15. The normalized spacial score (nSPS) is 12.0. The molecule has 1 atom stereocenters. The number of carbonyl (C=O) groups excluding carboxylic acids is 1. The minimum absolute atomic E-state index is 0.102. The lowest BCUT2D eigenvalue weighted by atomic mass is 10.1. The zero-order valence-electron chi connectivity index (χ0n) is 12.6. The molecular weight excluding hydrogens is 286 g/mol. The Bertz CT molecular complexity index is 667. The number of anilines is 2. The first-order valence-corrected chi connectivity index (χ1v) is 7.42. The van der Waals surface area contributed by atoms with Gasteiger partial charge in [-0.1, -0.05) is 0 Å². The first-order valence-electron chi connectivity index (χ1n) is 6.60. The quantitative estimate of drug-likeness (QED) is 0.669. The lowest BCUT2D eigenvalue weighted by Crippen LogP contribution is -2.09. The van der Waals surface area contributed by atoms with Crippen LogP contribution < -0.4 is 11.1 Å². The van der Waals surface area contributed by atoms with Crippen molar-refractivity contribution in [2.75, 3.05) is 18.2 Å². The van der Waals surface area contributed by atoms with Crippen molar-refractivity contribution in [2.24, 2.45) is 0 Å². The number of carbonyl (C=O) groups is 1. The molecule has 5 nitrogen and oxygen atoms in total. The van der Waals surface area contributed by atoms with Crippen molar-refractivity contribution >= 4 is 28.7 Å². The van der Waals surface area contributed by atoms with Gasteiger partial charge in [-0.3, -0.25) is 0 Å². The number of nitrogens with one attached hydrogen (secondary N) is 1. The van der Waals surface area contributed by atoms with Crippen LogP contribution in [-0.2, 0) is 4.74 Å². The average molecular weight is 305 g/mol. The van der Waals surface area contributed by atoms with Gasteiger partial charge in [-0.15, -0.1) is 11.3 Å². The van der Waals surface area contributed by atoms with E-state index in [1.807, 2.05) is 19.9 Å². The monoisotopic (exact) mass is 305 g/mol. The fraction of sp³-hybridized carbons (Fsp3) is 0.333. The molecule has 0 saturated carbocycles. The second kappa shape index (κ2) is 6.13. The van der Waals surface area contributed by atoms with Crippen LogP contribution in [0.2, 0.25) is 0 Å². The zero-order chi connectivity index (χ0) is 15.6. The summed E-state index contributed by atoms with van der Waals surface area (Å²) in [6.45, 7) is 6.06. The number of benzene rings is 1. The predicted octanol–water partition coefficient (Wildman–Crippen LogP) is 3.30. The number of ether oxygens (including phenoxy) is 1. The van der Waals surface area contributed by atoms with Crippen molar-refractivity contribution in [1.82, 2.24) is 4.98 Å². The third-order valence-electron chi connectivity index (χ3n) is 3.17. The fourth-order valence-corrected chi connectivity index (χ4v) is 3.13. The van der Waals surface area contributed by atoms with Gasteiger partial charge in [0.1, 0.15) is 0 Å². The maximum absolute atomic E-state index is 11.7. The van der Waals surface area contributed by atoms with Gasteiger partial charge >= 0.3 is 5.97 Å². The molecule has 1 aromatic heterocycles. The Balaban J connectivity index is 2.23. The Morgan fingerprint density at radius 1 is 1.43 bits per heavy atom. The van der Waals surface area contributed by atoms with E-state index in [0.717, 1.165) is 16.4 Å². The Labute approximate surface area is 128 Å². The minimum atomic E-state index is -0.436. The minimum Gasteiger partial charge on any atom is -0.465 e. The van der Waals surface area contributed by atoms with E-state index in [-0.39, 0.29) is 6.04 Å². The van der Waals surface area contributed by atoms with Crippen LogP contribution in [0.25, 0.3) is 0 Å². The summed E-state index contributed by atoms with van der Waals surface area (Å²) in [5.74, 6) is -0.436. The van der Waals surface area contributed by atoms with E-state index in [2.05, 4.69) is 17.2 Å². The molecule has 0 spiro atoms. The number of nitrogens with zero attached hydrogens (tertiary/aromatic N) is 1.